The predicted molar refractivity (Wildman–Crippen MR) is 79.0 cm³/mol. The Hall–Kier alpha value is -1.24. The smallest absolute Gasteiger partial charge is 0.249 e. The molecule has 2 amide bonds. The summed E-state index contributed by atoms with van der Waals surface area (Å²) in [5.74, 6) is -3.15. The van der Waals surface area contributed by atoms with Crippen LogP contribution in [0.3, 0.4) is 0 Å². The molecule has 0 aromatic heterocycles. The summed E-state index contributed by atoms with van der Waals surface area (Å²) in [4.78, 5) is 27.9. The molecule has 1 spiro atoms. The minimum atomic E-state index is -2.66. The molecule has 0 N–H and O–H groups in total. The van der Waals surface area contributed by atoms with Gasteiger partial charge in [0.15, 0.2) is 0 Å². The minimum Gasteiger partial charge on any atom is -0.383 e. The van der Waals surface area contributed by atoms with E-state index in [1.165, 1.54) is 0 Å². The Morgan fingerprint density at radius 3 is 2.52 bits per heavy atom. The van der Waals surface area contributed by atoms with Crippen LogP contribution < -0.4 is 0 Å². The second-order valence-corrected chi connectivity index (χ2v) is 7.27. The minimum absolute atomic E-state index is 0.0504. The molecule has 7 heteroatoms. The van der Waals surface area contributed by atoms with Crippen molar-refractivity contribution in [2.24, 2.45) is 11.3 Å². The molecule has 5 nitrogen and oxygen atoms in total. The number of ether oxygens (including phenoxy) is 1. The summed E-state index contributed by atoms with van der Waals surface area (Å²) >= 11 is 0. The number of methoxy groups -OCH3 is 1. The van der Waals surface area contributed by atoms with Crippen LogP contribution in [0.5, 0.6) is 0 Å². The van der Waals surface area contributed by atoms with Gasteiger partial charge in [-0.25, -0.2) is 8.78 Å². The maximum atomic E-state index is 12.9. The highest BCUT2D eigenvalue weighted by atomic mass is 19.3. The van der Waals surface area contributed by atoms with Gasteiger partial charge < -0.3 is 14.5 Å². The summed E-state index contributed by atoms with van der Waals surface area (Å²) in [6.07, 6.45) is 1.46. The Labute approximate surface area is 134 Å². The monoisotopic (exact) mass is 330 g/mol. The third kappa shape index (κ3) is 3.34. The molecule has 0 bridgehead atoms. The van der Waals surface area contributed by atoms with Crippen LogP contribution in [0.4, 0.5) is 8.78 Å². The SMILES string of the molecule is COCCN1CC2(CCN(C(=O)C3CC(F)(F)C3)CC2)CC1=O. The summed E-state index contributed by atoms with van der Waals surface area (Å²) < 4.78 is 30.9. The normalized spacial score (nSPS) is 26.7. The van der Waals surface area contributed by atoms with Crippen molar-refractivity contribution in [3.63, 3.8) is 0 Å². The van der Waals surface area contributed by atoms with E-state index >= 15 is 0 Å². The Morgan fingerprint density at radius 2 is 1.96 bits per heavy atom. The zero-order valence-electron chi connectivity index (χ0n) is 13.5. The highest BCUT2D eigenvalue weighted by Crippen LogP contribution is 2.45. The molecule has 3 rings (SSSR count). The number of halogens is 2. The second kappa shape index (κ2) is 6.00. The number of amides is 2. The maximum Gasteiger partial charge on any atom is 0.249 e. The first-order valence-electron chi connectivity index (χ1n) is 8.28. The van der Waals surface area contributed by atoms with Crippen molar-refractivity contribution < 1.29 is 23.1 Å². The fourth-order valence-electron chi connectivity index (χ4n) is 4.02. The molecule has 3 fully saturated rings. The van der Waals surface area contributed by atoms with E-state index in [1.807, 2.05) is 4.90 Å². The van der Waals surface area contributed by atoms with Gasteiger partial charge in [0.05, 0.1) is 6.61 Å². The summed E-state index contributed by atoms with van der Waals surface area (Å²) in [6, 6.07) is 0. The van der Waals surface area contributed by atoms with E-state index in [9.17, 15) is 18.4 Å². The number of likely N-dealkylation sites (tertiary alicyclic amines) is 2. The van der Waals surface area contributed by atoms with Crippen LogP contribution in [-0.4, -0.2) is 67.4 Å². The van der Waals surface area contributed by atoms with Gasteiger partial charge in [-0.05, 0) is 12.8 Å². The predicted octanol–water partition coefficient (Wildman–Crippen LogP) is 1.52. The van der Waals surface area contributed by atoms with Gasteiger partial charge >= 0.3 is 0 Å². The quantitative estimate of drug-likeness (QED) is 0.785. The molecule has 0 aromatic carbocycles. The number of alkyl halides is 2. The van der Waals surface area contributed by atoms with Crippen LogP contribution in [0.1, 0.15) is 32.1 Å². The Balaban J connectivity index is 1.51. The van der Waals surface area contributed by atoms with Crippen molar-refractivity contribution in [1.29, 1.82) is 0 Å². The standard InChI is InChI=1S/C16H24F2N2O3/c1-23-7-6-20-11-15(10-13(20)21)2-4-19(5-3-15)14(22)12-8-16(17,18)9-12/h12H,2-11H2,1H3. The highest BCUT2D eigenvalue weighted by molar-refractivity contribution is 5.81. The zero-order valence-corrected chi connectivity index (χ0v) is 13.5. The van der Waals surface area contributed by atoms with Gasteiger partial charge in [-0.3, -0.25) is 9.59 Å². The molecule has 2 heterocycles. The lowest BCUT2D eigenvalue weighted by Crippen LogP contribution is -2.51. The lowest BCUT2D eigenvalue weighted by Gasteiger charge is -2.42. The van der Waals surface area contributed by atoms with Crippen molar-refractivity contribution in [3.05, 3.63) is 0 Å². The molecule has 0 aromatic rings. The molecule has 2 aliphatic heterocycles. The van der Waals surface area contributed by atoms with Crippen molar-refractivity contribution in [2.75, 3.05) is 39.9 Å². The first-order chi connectivity index (χ1) is 10.8. The third-order valence-corrected chi connectivity index (χ3v) is 5.55. The first-order valence-corrected chi connectivity index (χ1v) is 8.28. The number of piperidine rings is 1. The molecular weight excluding hydrogens is 306 g/mol. The molecule has 2 saturated heterocycles. The largest absolute Gasteiger partial charge is 0.383 e. The van der Waals surface area contributed by atoms with Gasteiger partial charge in [-0.15, -0.1) is 0 Å². The van der Waals surface area contributed by atoms with Crippen LogP contribution in [-0.2, 0) is 14.3 Å². The van der Waals surface area contributed by atoms with Gasteiger partial charge in [-0.1, -0.05) is 0 Å². The number of carbonyl (C=O) groups excluding carboxylic acids is 2. The van der Waals surface area contributed by atoms with E-state index in [0.29, 0.717) is 32.7 Å². The number of carbonyl (C=O) groups is 2. The third-order valence-electron chi connectivity index (χ3n) is 5.55. The molecule has 0 atom stereocenters. The number of hydrogen-bond donors (Lipinski definition) is 0. The lowest BCUT2D eigenvalue weighted by molar-refractivity contribution is -0.161. The lowest BCUT2D eigenvalue weighted by atomic mass is 9.76. The fourth-order valence-corrected chi connectivity index (χ4v) is 4.02. The fraction of sp³-hybridized carbons (Fsp3) is 0.875. The van der Waals surface area contributed by atoms with Crippen LogP contribution >= 0.6 is 0 Å². The number of hydrogen-bond acceptors (Lipinski definition) is 3. The number of nitrogens with zero attached hydrogens (tertiary/aromatic N) is 2. The van der Waals surface area contributed by atoms with Crippen molar-refractivity contribution in [2.45, 2.75) is 38.0 Å². The molecule has 1 aliphatic carbocycles. The molecule has 1 saturated carbocycles. The van der Waals surface area contributed by atoms with Crippen LogP contribution in [0.25, 0.3) is 0 Å². The average molecular weight is 330 g/mol. The Kier molecular flexibility index (Phi) is 4.33. The molecule has 0 radical (unpaired) electrons. The van der Waals surface area contributed by atoms with E-state index < -0.39 is 11.8 Å². The average Bonchev–Trinajstić information content (AvgIpc) is 2.78. The summed E-state index contributed by atoms with van der Waals surface area (Å²) in [6.45, 7) is 3.01. The molecular formula is C16H24F2N2O3. The van der Waals surface area contributed by atoms with Gasteiger partial charge in [0.1, 0.15) is 0 Å². The van der Waals surface area contributed by atoms with E-state index in [1.54, 1.807) is 12.0 Å². The zero-order chi connectivity index (χ0) is 16.7. The van der Waals surface area contributed by atoms with E-state index in [-0.39, 0.29) is 30.1 Å². The van der Waals surface area contributed by atoms with Crippen LogP contribution in [0.2, 0.25) is 0 Å². The summed E-state index contributed by atoms with van der Waals surface area (Å²) in [7, 11) is 1.62. The van der Waals surface area contributed by atoms with Gasteiger partial charge in [0.25, 0.3) is 0 Å². The van der Waals surface area contributed by atoms with Crippen molar-refractivity contribution in [1.82, 2.24) is 9.80 Å². The van der Waals surface area contributed by atoms with Gasteiger partial charge in [0, 0.05) is 63.9 Å². The highest BCUT2D eigenvalue weighted by Gasteiger charge is 2.51. The topological polar surface area (TPSA) is 49.9 Å². The van der Waals surface area contributed by atoms with Gasteiger partial charge in [-0.2, -0.15) is 0 Å². The Morgan fingerprint density at radius 1 is 1.30 bits per heavy atom. The van der Waals surface area contributed by atoms with Crippen molar-refractivity contribution >= 4 is 11.8 Å². The van der Waals surface area contributed by atoms with E-state index in [0.717, 1.165) is 19.4 Å². The molecule has 23 heavy (non-hydrogen) atoms. The Bertz CT molecular complexity index is 482. The second-order valence-electron chi connectivity index (χ2n) is 7.27. The molecule has 3 aliphatic rings. The van der Waals surface area contributed by atoms with E-state index in [4.69, 9.17) is 4.74 Å². The van der Waals surface area contributed by atoms with Gasteiger partial charge in [0.2, 0.25) is 17.7 Å². The summed E-state index contributed by atoms with van der Waals surface area (Å²) in [5, 5.41) is 0. The number of rotatable bonds is 4. The summed E-state index contributed by atoms with van der Waals surface area (Å²) in [5.41, 5.74) is -0.0504. The molecule has 0 unspecified atom stereocenters. The molecule has 130 valence electrons. The van der Waals surface area contributed by atoms with Crippen LogP contribution in [0.15, 0.2) is 0 Å². The maximum absolute atomic E-state index is 12.9. The first kappa shape index (κ1) is 16.6. The van der Waals surface area contributed by atoms with Crippen LogP contribution in [0, 0.1) is 11.3 Å². The van der Waals surface area contributed by atoms with E-state index in [2.05, 4.69) is 0 Å². The van der Waals surface area contributed by atoms with Crippen molar-refractivity contribution in [3.8, 4) is 0 Å².